The summed E-state index contributed by atoms with van der Waals surface area (Å²) in [7, 11) is 1.06. The van der Waals surface area contributed by atoms with Crippen molar-refractivity contribution in [3.63, 3.8) is 0 Å². The lowest BCUT2D eigenvalue weighted by molar-refractivity contribution is 0.358. The first-order chi connectivity index (χ1) is 12.7. The number of aliphatic imine (C=N–C) groups is 1. The normalized spacial score (nSPS) is 20.9. The van der Waals surface area contributed by atoms with Crippen molar-refractivity contribution in [3.8, 4) is 5.75 Å². The molecule has 0 bridgehead atoms. The molecule has 0 spiro atoms. The maximum atomic E-state index is 12.1. The lowest BCUT2D eigenvalue weighted by atomic mass is 9.95. The maximum absolute atomic E-state index is 12.1. The third-order valence-corrected chi connectivity index (χ3v) is 6.36. The van der Waals surface area contributed by atoms with Gasteiger partial charge in [0.25, 0.3) is 0 Å². The summed E-state index contributed by atoms with van der Waals surface area (Å²) in [4.78, 5) is 4.34. The smallest absolute Gasteiger partial charge is 0.191 e. The number of hydrogen-bond acceptors (Lipinski definition) is 3. The van der Waals surface area contributed by atoms with Crippen LogP contribution < -0.4 is 15.4 Å². The molecule has 152 valence electrons. The van der Waals surface area contributed by atoms with Gasteiger partial charge in [-0.1, -0.05) is 44.2 Å². The molecule has 7 heteroatoms. The molecule has 1 aliphatic carbocycles. The number of nitrogens with one attached hydrogen (secondary N) is 2. The van der Waals surface area contributed by atoms with Gasteiger partial charge in [0.15, 0.2) is 5.96 Å². The predicted molar refractivity (Wildman–Crippen MR) is 126 cm³/mol. The van der Waals surface area contributed by atoms with Crippen LogP contribution in [-0.4, -0.2) is 40.9 Å². The molecule has 0 aliphatic heterocycles. The molecule has 0 heterocycles. The first kappa shape index (κ1) is 23.9. The average molecular weight is 505 g/mol. The van der Waals surface area contributed by atoms with E-state index in [4.69, 9.17) is 4.74 Å². The Hall–Kier alpha value is -1.09. The Balaban J connectivity index is 0.00000364. The van der Waals surface area contributed by atoms with Crippen LogP contribution in [-0.2, 0) is 17.3 Å². The fourth-order valence-electron chi connectivity index (χ4n) is 3.26. The Morgan fingerprint density at radius 1 is 1.41 bits per heavy atom. The maximum Gasteiger partial charge on any atom is 0.191 e. The van der Waals surface area contributed by atoms with E-state index in [1.54, 1.807) is 13.1 Å². The number of rotatable bonds is 8. The second-order valence-corrected chi connectivity index (χ2v) is 8.44. The summed E-state index contributed by atoms with van der Waals surface area (Å²) in [5.74, 6) is 2.37. The van der Waals surface area contributed by atoms with Gasteiger partial charge in [0.1, 0.15) is 12.4 Å². The van der Waals surface area contributed by atoms with E-state index < -0.39 is 10.8 Å². The van der Waals surface area contributed by atoms with E-state index in [1.165, 1.54) is 0 Å². The molecule has 1 fully saturated rings. The largest absolute Gasteiger partial charge is 0.489 e. The minimum absolute atomic E-state index is 0. The number of ether oxygens (including phenoxy) is 1. The summed E-state index contributed by atoms with van der Waals surface area (Å²) in [6.45, 7) is 6.81. The van der Waals surface area contributed by atoms with Gasteiger partial charge in [0.2, 0.25) is 0 Å². The third kappa shape index (κ3) is 7.81. The molecule has 0 aromatic heterocycles. The summed E-state index contributed by atoms with van der Waals surface area (Å²) in [6.07, 6.45) is 5.96. The van der Waals surface area contributed by atoms with Crippen molar-refractivity contribution >= 4 is 40.7 Å². The van der Waals surface area contributed by atoms with Crippen molar-refractivity contribution < 1.29 is 8.95 Å². The molecular weight excluding hydrogens is 473 g/mol. The van der Waals surface area contributed by atoms with E-state index in [0.29, 0.717) is 24.4 Å². The lowest BCUT2D eigenvalue weighted by Crippen LogP contribution is -2.46. The Morgan fingerprint density at radius 3 is 2.89 bits per heavy atom. The topological polar surface area (TPSA) is 62.7 Å². The number of nitrogens with zero attached hydrogens (tertiary/aromatic N) is 1. The summed E-state index contributed by atoms with van der Waals surface area (Å²) >= 11 is 0. The Labute approximate surface area is 182 Å². The van der Waals surface area contributed by atoms with Crippen molar-refractivity contribution in [2.24, 2.45) is 4.99 Å². The highest BCUT2D eigenvalue weighted by Gasteiger charge is 2.26. The highest BCUT2D eigenvalue weighted by molar-refractivity contribution is 14.0. The molecule has 3 atom stereocenters. The number of halogens is 1. The van der Waals surface area contributed by atoms with Crippen molar-refractivity contribution in [1.82, 2.24) is 10.6 Å². The first-order valence-corrected chi connectivity index (χ1v) is 10.7. The van der Waals surface area contributed by atoms with Gasteiger partial charge in [0, 0.05) is 47.0 Å². The molecule has 2 rings (SSSR count). The van der Waals surface area contributed by atoms with Gasteiger partial charge in [-0.25, -0.2) is 0 Å². The molecule has 1 aliphatic rings. The quantitative estimate of drug-likeness (QED) is 0.245. The van der Waals surface area contributed by atoms with Crippen LogP contribution in [0.25, 0.3) is 0 Å². The summed E-state index contributed by atoms with van der Waals surface area (Å²) in [5.41, 5.74) is 1.07. The zero-order valence-electron chi connectivity index (χ0n) is 16.3. The minimum Gasteiger partial charge on any atom is -0.489 e. The molecular formula is C20H32IN3O2S. The second kappa shape index (κ2) is 13.1. The van der Waals surface area contributed by atoms with Crippen LogP contribution in [0.5, 0.6) is 5.75 Å². The zero-order valence-corrected chi connectivity index (χ0v) is 19.4. The average Bonchev–Trinajstić information content (AvgIpc) is 2.69. The van der Waals surface area contributed by atoms with Gasteiger partial charge in [0.05, 0.1) is 0 Å². The third-order valence-electron chi connectivity index (χ3n) is 4.62. The van der Waals surface area contributed by atoms with Gasteiger partial charge >= 0.3 is 0 Å². The molecule has 27 heavy (non-hydrogen) atoms. The number of para-hydroxylation sites is 1. The monoisotopic (exact) mass is 505 g/mol. The Kier molecular flexibility index (Phi) is 11.7. The highest BCUT2D eigenvalue weighted by atomic mass is 127. The SMILES string of the molecule is C=CCOc1ccccc1CNC(=NC)NC1CCCC(S(=O)CC)C1.I. The Morgan fingerprint density at radius 2 is 2.19 bits per heavy atom. The summed E-state index contributed by atoms with van der Waals surface area (Å²) in [6, 6.07) is 8.29. The second-order valence-electron chi connectivity index (χ2n) is 6.43. The molecule has 1 aromatic rings. The Bertz CT molecular complexity index is 639. The molecule has 0 radical (unpaired) electrons. The number of guanidine groups is 1. The van der Waals surface area contributed by atoms with Gasteiger partial charge in [-0.15, -0.1) is 24.0 Å². The van der Waals surface area contributed by atoms with Crippen LogP contribution >= 0.6 is 24.0 Å². The summed E-state index contributed by atoms with van der Waals surface area (Å²) < 4.78 is 17.8. The fraction of sp³-hybridized carbons (Fsp3) is 0.550. The molecule has 5 nitrogen and oxygen atoms in total. The fourth-order valence-corrected chi connectivity index (χ4v) is 4.60. The van der Waals surface area contributed by atoms with Crippen LogP contribution in [0.15, 0.2) is 41.9 Å². The number of hydrogen-bond donors (Lipinski definition) is 2. The molecule has 0 amide bonds. The van der Waals surface area contributed by atoms with Gasteiger partial charge < -0.3 is 15.4 Å². The first-order valence-electron chi connectivity index (χ1n) is 9.33. The van der Waals surface area contributed by atoms with Crippen molar-refractivity contribution in [3.05, 3.63) is 42.5 Å². The lowest BCUT2D eigenvalue weighted by Gasteiger charge is -2.30. The summed E-state index contributed by atoms with van der Waals surface area (Å²) in [5, 5.41) is 7.16. The van der Waals surface area contributed by atoms with E-state index in [9.17, 15) is 4.21 Å². The van der Waals surface area contributed by atoms with E-state index in [0.717, 1.165) is 48.7 Å². The molecule has 0 saturated heterocycles. The van der Waals surface area contributed by atoms with Gasteiger partial charge in [-0.3, -0.25) is 9.20 Å². The van der Waals surface area contributed by atoms with E-state index >= 15 is 0 Å². The number of benzene rings is 1. The molecule has 3 unspecified atom stereocenters. The van der Waals surface area contributed by atoms with E-state index in [-0.39, 0.29) is 24.0 Å². The van der Waals surface area contributed by atoms with Crippen LogP contribution in [0.2, 0.25) is 0 Å². The van der Waals surface area contributed by atoms with Crippen LogP contribution in [0.1, 0.15) is 38.2 Å². The van der Waals surface area contributed by atoms with Crippen LogP contribution in [0.4, 0.5) is 0 Å². The minimum atomic E-state index is -0.716. The predicted octanol–water partition coefficient (Wildman–Crippen LogP) is 3.61. The van der Waals surface area contributed by atoms with Crippen molar-refractivity contribution in [2.45, 2.75) is 50.4 Å². The van der Waals surface area contributed by atoms with Gasteiger partial charge in [-0.2, -0.15) is 0 Å². The highest BCUT2D eigenvalue weighted by Crippen LogP contribution is 2.23. The van der Waals surface area contributed by atoms with Crippen LogP contribution in [0, 0.1) is 0 Å². The van der Waals surface area contributed by atoms with Crippen LogP contribution in [0.3, 0.4) is 0 Å². The van der Waals surface area contributed by atoms with E-state index in [2.05, 4.69) is 22.2 Å². The van der Waals surface area contributed by atoms with Crippen molar-refractivity contribution in [1.29, 1.82) is 0 Å². The van der Waals surface area contributed by atoms with E-state index in [1.807, 2.05) is 31.2 Å². The molecule has 1 aromatic carbocycles. The zero-order chi connectivity index (χ0) is 18.8. The molecule has 1 saturated carbocycles. The molecule has 2 N–H and O–H groups in total. The van der Waals surface area contributed by atoms with Gasteiger partial charge in [-0.05, 0) is 25.3 Å². The van der Waals surface area contributed by atoms with Crippen molar-refractivity contribution in [2.75, 3.05) is 19.4 Å². The standard InChI is InChI=1S/C20H31N3O2S.HI/c1-4-13-25-19-12-7-6-9-16(19)15-22-20(21-3)23-17-10-8-11-18(14-17)26(24)5-2;/h4,6-7,9,12,17-18H,1,5,8,10-11,13-15H2,2-3H3,(H2,21,22,23);1H.